The van der Waals surface area contributed by atoms with Crippen LogP contribution in [0, 0.1) is 11.8 Å². The third-order valence-electron chi connectivity index (χ3n) is 4.44. The molecule has 1 aliphatic rings. The summed E-state index contributed by atoms with van der Waals surface area (Å²) in [6, 6.07) is 0.596. The van der Waals surface area contributed by atoms with Crippen LogP contribution in [0.3, 0.4) is 0 Å². The fourth-order valence-corrected chi connectivity index (χ4v) is 2.94. The van der Waals surface area contributed by atoms with Gasteiger partial charge in [-0.15, -0.1) is 0 Å². The topological polar surface area (TPSA) is 46.0 Å². The molecule has 0 aromatic carbocycles. The molecule has 0 saturated carbocycles. The molecular weight excluding hydrogens is 262 g/mol. The van der Waals surface area contributed by atoms with Gasteiger partial charge in [-0.25, -0.2) is 9.67 Å². The number of rotatable bonds is 6. The molecule has 1 fully saturated rings. The Morgan fingerprint density at radius 3 is 2.90 bits per heavy atom. The van der Waals surface area contributed by atoms with E-state index in [1.54, 1.807) is 6.33 Å². The van der Waals surface area contributed by atoms with E-state index >= 15 is 0 Å². The van der Waals surface area contributed by atoms with Crippen LogP contribution in [-0.2, 0) is 13.1 Å². The average molecular weight is 293 g/mol. The minimum Gasteiger partial charge on any atom is -0.312 e. The molecular formula is C16H31N5. The van der Waals surface area contributed by atoms with Crippen molar-refractivity contribution in [3.05, 3.63) is 12.2 Å². The molecule has 2 atom stereocenters. The van der Waals surface area contributed by atoms with Gasteiger partial charge in [0.1, 0.15) is 12.2 Å². The van der Waals surface area contributed by atoms with Gasteiger partial charge in [0.2, 0.25) is 0 Å². The second kappa shape index (κ2) is 7.90. The molecule has 5 heteroatoms. The molecule has 2 unspecified atom stereocenters. The highest BCUT2D eigenvalue weighted by Crippen LogP contribution is 2.14. The first kappa shape index (κ1) is 16.4. The van der Waals surface area contributed by atoms with Crippen LogP contribution in [0.4, 0.5) is 0 Å². The van der Waals surface area contributed by atoms with Crippen molar-refractivity contribution in [1.82, 2.24) is 25.0 Å². The molecule has 1 saturated heterocycles. The van der Waals surface area contributed by atoms with Crippen molar-refractivity contribution in [1.29, 1.82) is 0 Å². The Labute approximate surface area is 129 Å². The molecule has 1 N–H and O–H groups in total. The fraction of sp³-hybridized carbons (Fsp3) is 0.875. The Balaban J connectivity index is 1.99. The standard InChI is InChI=1S/C16H31N5/c1-5-14(4)15-10-20(8-6-7-17-15)11-16-18-12-19-21(16)9-13(2)3/h12-15,17H,5-11H2,1-4H3. The predicted molar refractivity (Wildman–Crippen MR) is 86.0 cm³/mol. The van der Waals surface area contributed by atoms with Crippen molar-refractivity contribution >= 4 is 0 Å². The lowest BCUT2D eigenvalue weighted by Gasteiger charge is -2.27. The number of hydrogen-bond acceptors (Lipinski definition) is 4. The number of hydrogen-bond donors (Lipinski definition) is 1. The summed E-state index contributed by atoms with van der Waals surface area (Å²) in [5, 5.41) is 8.08. The average Bonchev–Trinajstić information content (AvgIpc) is 2.73. The van der Waals surface area contributed by atoms with Gasteiger partial charge < -0.3 is 5.32 Å². The summed E-state index contributed by atoms with van der Waals surface area (Å²) in [5.74, 6) is 2.43. The third-order valence-corrected chi connectivity index (χ3v) is 4.44. The Bertz CT molecular complexity index is 415. The molecule has 2 rings (SSSR count). The molecule has 120 valence electrons. The van der Waals surface area contributed by atoms with Crippen molar-refractivity contribution in [2.75, 3.05) is 19.6 Å². The quantitative estimate of drug-likeness (QED) is 0.873. The van der Waals surface area contributed by atoms with Crippen molar-refractivity contribution in [3.63, 3.8) is 0 Å². The van der Waals surface area contributed by atoms with Crippen LogP contribution in [0.1, 0.15) is 46.4 Å². The molecule has 0 amide bonds. The lowest BCUT2D eigenvalue weighted by molar-refractivity contribution is 0.222. The molecule has 2 heterocycles. The minimum absolute atomic E-state index is 0.596. The van der Waals surface area contributed by atoms with Crippen LogP contribution in [0.2, 0.25) is 0 Å². The van der Waals surface area contributed by atoms with Gasteiger partial charge in [-0.2, -0.15) is 5.10 Å². The molecule has 1 aliphatic heterocycles. The second-order valence-corrected chi connectivity index (χ2v) is 6.79. The Hall–Kier alpha value is -0.940. The van der Waals surface area contributed by atoms with E-state index in [0.29, 0.717) is 12.0 Å². The first-order valence-corrected chi connectivity index (χ1v) is 8.42. The Morgan fingerprint density at radius 1 is 1.38 bits per heavy atom. The summed E-state index contributed by atoms with van der Waals surface area (Å²) in [7, 11) is 0. The summed E-state index contributed by atoms with van der Waals surface area (Å²) in [5.41, 5.74) is 0. The van der Waals surface area contributed by atoms with Gasteiger partial charge in [0.15, 0.2) is 0 Å². The number of nitrogens with one attached hydrogen (secondary N) is 1. The smallest absolute Gasteiger partial charge is 0.141 e. The molecule has 21 heavy (non-hydrogen) atoms. The second-order valence-electron chi connectivity index (χ2n) is 6.79. The lowest BCUT2D eigenvalue weighted by Crippen LogP contribution is -2.42. The normalized spacial score (nSPS) is 22.4. The van der Waals surface area contributed by atoms with Gasteiger partial charge in [0.05, 0.1) is 6.54 Å². The molecule has 0 aliphatic carbocycles. The maximum atomic E-state index is 4.47. The first-order chi connectivity index (χ1) is 10.1. The third kappa shape index (κ3) is 4.78. The number of aromatic nitrogens is 3. The van der Waals surface area contributed by atoms with Gasteiger partial charge >= 0.3 is 0 Å². The SMILES string of the molecule is CCC(C)C1CN(Cc2ncnn2CC(C)C)CCCN1. The van der Waals surface area contributed by atoms with Gasteiger partial charge in [-0.3, -0.25) is 4.90 Å². The molecule has 1 aromatic heterocycles. The molecule has 1 aromatic rings. The van der Waals surface area contributed by atoms with Gasteiger partial charge in [-0.05, 0) is 31.3 Å². The summed E-state index contributed by atoms with van der Waals surface area (Å²) in [6.45, 7) is 14.3. The van der Waals surface area contributed by atoms with Crippen LogP contribution in [0.25, 0.3) is 0 Å². The van der Waals surface area contributed by atoms with E-state index in [0.717, 1.165) is 44.5 Å². The van der Waals surface area contributed by atoms with Crippen LogP contribution in [-0.4, -0.2) is 45.3 Å². The zero-order valence-corrected chi connectivity index (χ0v) is 14.0. The van der Waals surface area contributed by atoms with E-state index in [-0.39, 0.29) is 0 Å². The lowest BCUT2D eigenvalue weighted by atomic mass is 9.99. The van der Waals surface area contributed by atoms with E-state index < -0.39 is 0 Å². The first-order valence-electron chi connectivity index (χ1n) is 8.42. The summed E-state index contributed by atoms with van der Waals surface area (Å²) in [4.78, 5) is 7.01. The van der Waals surface area contributed by atoms with Crippen LogP contribution in [0.5, 0.6) is 0 Å². The summed E-state index contributed by atoms with van der Waals surface area (Å²) < 4.78 is 2.07. The largest absolute Gasteiger partial charge is 0.312 e. The highest BCUT2D eigenvalue weighted by atomic mass is 15.3. The van der Waals surface area contributed by atoms with Gasteiger partial charge in [-0.1, -0.05) is 34.1 Å². The molecule has 5 nitrogen and oxygen atoms in total. The maximum absolute atomic E-state index is 4.47. The van der Waals surface area contributed by atoms with E-state index in [1.807, 2.05) is 0 Å². The Kier molecular flexibility index (Phi) is 6.18. The molecule has 0 radical (unpaired) electrons. The fourth-order valence-electron chi connectivity index (χ4n) is 2.94. The van der Waals surface area contributed by atoms with Crippen molar-refractivity contribution in [3.8, 4) is 0 Å². The summed E-state index contributed by atoms with van der Waals surface area (Å²) in [6.07, 6.45) is 4.14. The van der Waals surface area contributed by atoms with Crippen molar-refractivity contribution < 1.29 is 0 Å². The van der Waals surface area contributed by atoms with Gasteiger partial charge in [0, 0.05) is 19.1 Å². The van der Waals surface area contributed by atoms with Gasteiger partial charge in [0.25, 0.3) is 0 Å². The van der Waals surface area contributed by atoms with Crippen LogP contribution < -0.4 is 5.32 Å². The van der Waals surface area contributed by atoms with Crippen molar-refractivity contribution in [2.24, 2.45) is 11.8 Å². The summed E-state index contributed by atoms with van der Waals surface area (Å²) >= 11 is 0. The zero-order valence-electron chi connectivity index (χ0n) is 14.0. The van der Waals surface area contributed by atoms with Crippen LogP contribution in [0.15, 0.2) is 6.33 Å². The molecule has 0 spiro atoms. The highest BCUT2D eigenvalue weighted by Gasteiger charge is 2.22. The predicted octanol–water partition coefficient (Wildman–Crippen LogP) is 2.14. The van der Waals surface area contributed by atoms with Crippen LogP contribution >= 0.6 is 0 Å². The zero-order chi connectivity index (χ0) is 15.2. The maximum Gasteiger partial charge on any atom is 0.141 e. The Morgan fingerprint density at radius 2 is 2.19 bits per heavy atom. The van der Waals surface area contributed by atoms with E-state index in [1.165, 1.54) is 12.8 Å². The van der Waals surface area contributed by atoms with Crippen molar-refractivity contribution in [2.45, 2.75) is 59.7 Å². The minimum atomic E-state index is 0.596. The molecule has 0 bridgehead atoms. The van der Waals surface area contributed by atoms with E-state index in [4.69, 9.17) is 0 Å². The monoisotopic (exact) mass is 293 g/mol. The van der Waals surface area contributed by atoms with E-state index in [2.05, 4.69) is 52.7 Å². The number of nitrogens with zero attached hydrogens (tertiary/aromatic N) is 4. The van der Waals surface area contributed by atoms with E-state index in [9.17, 15) is 0 Å². The highest BCUT2D eigenvalue weighted by molar-refractivity contribution is 4.88.